The maximum atomic E-state index is 12.3. The van der Waals surface area contributed by atoms with Gasteiger partial charge in [-0.25, -0.2) is 4.79 Å². The number of nitrogens with zero attached hydrogens (tertiary/aromatic N) is 1. The summed E-state index contributed by atoms with van der Waals surface area (Å²) in [5.74, 6) is -1.26. The molecule has 0 bridgehead atoms. The molecule has 2 aromatic rings. The Balaban J connectivity index is 2.48. The Morgan fingerprint density at radius 1 is 1.11 bits per heavy atom. The molecule has 1 heterocycles. The number of rotatable bonds is 3. The number of hydrogen-bond donors (Lipinski definition) is 1. The van der Waals surface area contributed by atoms with Crippen molar-refractivity contribution in [3.63, 3.8) is 0 Å². The number of carboxylic acid groups (broad SMARTS) is 1. The average Bonchev–Trinajstić information content (AvgIpc) is 2.71. The van der Waals surface area contributed by atoms with Gasteiger partial charge in [-0.05, 0) is 24.3 Å². The Hall–Kier alpha value is -1.88. The molecule has 92 valence electrons. The second-order valence-electron chi connectivity index (χ2n) is 3.78. The molecule has 0 saturated heterocycles. The Morgan fingerprint density at radius 2 is 1.72 bits per heavy atom. The third kappa shape index (κ3) is 2.09. The summed E-state index contributed by atoms with van der Waals surface area (Å²) in [6, 6.07) is 9.99. The third-order valence-electron chi connectivity index (χ3n) is 2.69. The molecule has 0 amide bonds. The molecule has 1 N–H and O–H groups in total. The van der Waals surface area contributed by atoms with E-state index in [2.05, 4.69) is 15.9 Å². The van der Waals surface area contributed by atoms with Crippen molar-refractivity contribution in [1.82, 2.24) is 4.57 Å². The van der Waals surface area contributed by atoms with Gasteiger partial charge in [0.05, 0.1) is 5.69 Å². The smallest absolute Gasteiger partial charge is 0.352 e. The van der Waals surface area contributed by atoms with E-state index >= 15 is 0 Å². The van der Waals surface area contributed by atoms with Gasteiger partial charge in [0.1, 0.15) is 5.69 Å². The van der Waals surface area contributed by atoms with Crippen molar-refractivity contribution >= 4 is 27.7 Å². The van der Waals surface area contributed by atoms with Crippen LogP contribution in [0.3, 0.4) is 0 Å². The summed E-state index contributed by atoms with van der Waals surface area (Å²) < 4.78 is 2.07. The first kappa shape index (κ1) is 12.6. The normalized spacial score (nSPS) is 10.3. The lowest BCUT2D eigenvalue weighted by Crippen LogP contribution is -2.12. The summed E-state index contributed by atoms with van der Waals surface area (Å²) in [7, 11) is 1.56. The summed E-state index contributed by atoms with van der Waals surface area (Å²) in [6.45, 7) is 0. The molecule has 0 atom stereocenters. The molecule has 0 aliphatic rings. The largest absolute Gasteiger partial charge is 0.477 e. The minimum absolute atomic E-state index is 0.0883. The van der Waals surface area contributed by atoms with Crippen LogP contribution in [-0.4, -0.2) is 21.4 Å². The van der Waals surface area contributed by atoms with Gasteiger partial charge >= 0.3 is 5.97 Å². The summed E-state index contributed by atoms with van der Waals surface area (Å²) in [5.41, 5.74) is 0.945. The van der Waals surface area contributed by atoms with Crippen molar-refractivity contribution in [2.24, 2.45) is 7.05 Å². The van der Waals surface area contributed by atoms with E-state index in [1.54, 1.807) is 25.2 Å². The van der Waals surface area contributed by atoms with Crippen LogP contribution in [0.2, 0.25) is 0 Å². The highest BCUT2D eigenvalue weighted by Crippen LogP contribution is 2.20. The monoisotopic (exact) mass is 307 g/mol. The molecule has 5 heteroatoms. The first-order chi connectivity index (χ1) is 8.52. The molecule has 18 heavy (non-hydrogen) atoms. The van der Waals surface area contributed by atoms with E-state index in [9.17, 15) is 9.59 Å². The number of ketones is 1. The van der Waals surface area contributed by atoms with Crippen LogP contribution in [0.4, 0.5) is 0 Å². The van der Waals surface area contributed by atoms with Crippen molar-refractivity contribution in [2.75, 3.05) is 0 Å². The van der Waals surface area contributed by atoms with Gasteiger partial charge < -0.3 is 9.67 Å². The lowest BCUT2D eigenvalue weighted by molar-refractivity contribution is 0.0686. The predicted octanol–water partition coefficient (Wildman–Crippen LogP) is 2.72. The maximum absolute atomic E-state index is 12.3. The zero-order valence-corrected chi connectivity index (χ0v) is 11.1. The Kier molecular flexibility index (Phi) is 3.34. The van der Waals surface area contributed by atoms with E-state index in [1.165, 1.54) is 16.7 Å². The molecule has 4 nitrogen and oxygen atoms in total. The van der Waals surface area contributed by atoms with Crippen LogP contribution >= 0.6 is 15.9 Å². The van der Waals surface area contributed by atoms with Crippen LogP contribution < -0.4 is 0 Å². The fourth-order valence-electron chi connectivity index (χ4n) is 1.74. The minimum Gasteiger partial charge on any atom is -0.477 e. The number of carbonyl (C=O) groups excluding carboxylic acids is 1. The molecule has 0 radical (unpaired) electrons. The van der Waals surface area contributed by atoms with E-state index in [0.717, 1.165) is 0 Å². The molecule has 1 aromatic carbocycles. The topological polar surface area (TPSA) is 59.3 Å². The zero-order valence-electron chi connectivity index (χ0n) is 9.55. The minimum atomic E-state index is -1.05. The number of carboxylic acids is 1. The van der Waals surface area contributed by atoms with Crippen molar-refractivity contribution in [3.8, 4) is 0 Å². The third-order valence-corrected chi connectivity index (χ3v) is 3.38. The van der Waals surface area contributed by atoms with Gasteiger partial charge in [0, 0.05) is 17.1 Å². The Morgan fingerprint density at radius 3 is 2.28 bits per heavy atom. The summed E-state index contributed by atoms with van der Waals surface area (Å²) in [4.78, 5) is 23.2. The van der Waals surface area contributed by atoms with Gasteiger partial charge in [0.15, 0.2) is 0 Å². The second kappa shape index (κ2) is 4.78. The summed E-state index contributed by atoms with van der Waals surface area (Å²) in [5, 5.41) is 8.94. The van der Waals surface area contributed by atoms with Gasteiger partial charge in [-0.1, -0.05) is 28.1 Å². The number of aromatic nitrogens is 1. The van der Waals surface area contributed by atoms with Gasteiger partial charge in [-0.2, -0.15) is 0 Å². The van der Waals surface area contributed by atoms with Crippen LogP contribution in [0.1, 0.15) is 26.5 Å². The van der Waals surface area contributed by atoms with Crippen molar-refractivity contribution < 1.29 is 14.7 Å². The Labute approximate surface area is 112 Å². The quantitative estimate of drug-likeness (QED) is 0.887. The molecular formula is C13H10BrNO3. The molecule has 0 aliphatic heterocycles. The molecule has 0 aliphatic carbocycles. The van der Waals surface area contributed by atoms with Crippen molar-refractivity contribution in [1.29, 1.82) is 0 Å². The van der Waals surface area contributed by atoms with Gasteiger partial charge in [0.2, 0.25) is 5.78 Å². The fourth-order valence-corrected chi connectivity index (χ4v) is 2.20. The molecule has 0 saturated carbocycles. The number of benzene rings is 1. The number of hydrogen-bond acceptors (Lipinski definition) is 2. The number of halogens is 1. The fraction of sp³-hybridized carbons (Fsp3) is 0.0769. The maximum Gasteiger partial charge on any atom is 0.352 e. The standard InChI is InChI=1S/C13H10BrNO3/c1-15-10(6-7-11(15)13(17)18)12(16)8-4-2-3-5-9(8)14/h2-7H,1H3,(H,17,18). The van der Waals surface area contributed by atoms with Crippen LogP contribution in [-0.2, 0) is 7.05 Å². The molecule has 2 rings (SSSR count). The number of carbonyl (C=O) groups is 2. The molecule has 0 unspecified atom stereocenters. The summed E-state index contributed by atoms with van der Waals surface area (Å²) >= 11 is 3.31. The lowest BCUT2D eigenvalue weighted by atomic mass is 10.1. The first-order valence-corrected chi connectivity index (χ1v) is 6.00. The second-order valence-corrected chi connectivity index (χ2v) is 4.63. The lowest BCUT2D eigenvalue weighted by Gasteiger charge is -2.06. The van der Waals surface area contributed by atoms with E-state index < -0.39 is 5.97 Å². The predicted molar refractivity (Wildman–Crippen MR) is 69.9 cm³/mol. The van der Waals surface area contributed by atoms with Crippen LogP contribution in [0.15, 0.2) is 40.9 Å². The highest BCUT2D eigenvalue weighted by Gasteiger charge is 2.18. The van der Waals surface area contributed by atoms with Crippen LogP contribution in [0.25, 0.3) is 0 Å². The number of aromatic carboxylic acids is 1. The highest BCUT2D eigenvalue weighted by molar-refractivity contribution is 9.10. The van der Waals surface area contributed by atoms with Gasteiger partial charge in [0.25, 0.3) is 0 Å². The van der Waals surface area contributed by atoms with Gasteiger partial charge in [-0.3, -0.25) is 4.79 Å². The molecular weight excluding hydrogens is 298 g/mol. The van der Waals surface area contributed by atoms with Crippen LogP contribution in [0.5, 0.6) is 0 Å². The zero-order chi connectivity index (χ0) is 13.3. The van der Waals surface area contributed by atoms with Crippen LogP contribution in [0, 0.1) is 0 Å². The SMILES string of the molecule is Cn1c(C(=O)O)ccc1C(=O)c1ccccc1Br. The molecule has 0 fully saturated rings. The van der Waals surface area contributed by atoms with E-state index in [1.807, 2.05) is 6.07 Å². The molecule has 0 spiro atoms. The van der Waals surface area contributed by atoms with Crippen molar-refractivity contribution in [2.45, 2.75) is 0 Å². The average molecular weight is 308 g/mol. The summed E-state index contributed by atoms with van der Waals surface area (Å²) in [6.07, 6.45) is 0. The van der Waals surface area contributed by atoms with E-state index in [0.29, 0.717) is 15.7 Å². The van der Waals surface area contributed by atoms with E-state index in [4.69, 9.17) is 5.11 Å². The highest BCUT2D eigenvalue weighted by atomic mass is 79.9. The van der Waals surface area contributed by atoms with E-state index in [-0.39, 0.29) is 11.5 Å². The van der Waals surface area contributed by atoms with Gasteiger partial charge in [-0.15, -0.1) is 0 Å². The first-order valence-electron chi connectivity index (χ1n) is 5.20. The molecule has 1 aromatic heterocycles. The van der Waals surface area contributed by atoms with Crippen molar-refractivity contribution in [3.05, 3.63) is 57.8 Å². The Bertz CT molecular complexity index is 631.